The molecule has 1 aromatic carbocycles. The molecule has 0 bridgehead atoms. The van der Waals surface area contributed by atoms with Crippen molar-refractivity contribution in [1.82, 2.24) is 14.9 Å². The fraction of sp³-hybridized carbons (Fsp3) is 0.391. The Labute approximate surface area is 170 Å². The number of morpholine rings is 1. The van der Waals surface area contributed by atoms with Gasteiger partial charge in [0, 0.05) is 49.7 Å². The van der Waals surface area contributed by atoms with Crippen LogP contribution in [0.15, 0.2) is 42.7 Å². The second kappa shape index (κ2) is 7.28. The van der Waals surface area contributed by atoms with E-state index in [1.807, 2.05) is 17.3 Å². The van der Waals surface area contributed by atoms with Crippen molar-refractivity contribution in [2.75, 3.05) is 31.1 Å². The Morgan fingerprint density at radius 1 is 1.10 bits per heavy atom. The molecule has 2 aliphatic heterocycles. The molecule has 1 amide bonds. The summed E-state index contributed by atoms with van der Waals surface area (Å²) in [5, 5.41) is 1.17. The number of anilines is 1. The molecule has 0 aliphatic carbocycles. The number of aromatic amines is 1. The van der Waals surface area contributed by atoms with Crippen molar-refractivity contribution in [3.8, 4) is 11.1 Å². The van der Waals surface area contributed by atoms with Gasteiger partial charge in [-0.15, -0.1) is 0 Å². The fourth-order valence-corrected chi connectivity index (χ4v) is 4.57. The van der Waals surface area contributed by atoms with Crippen LogP contribution in [0.25, 0.3) is 22.0 Å². The van der Waals surface area contributed by atoms with E-state index in [-0.39, 0.29) is 18.1 Å². The van der Waals surface area contributed by atoms with Crippen molar-refractivity contribution < 1.29 is 9.53 Å². The number of amides is 1. The van der Waals surface area contributed by atoms with Crippen LogP contribution in [-0.2, 0) is 16.0 Å². The van der Waals surface area contributed by atoms with Gasteiger partial charge in [0.15, 0.2) is 0 Å². The Hall–Kier alpha value is -2.70. The lowest BCUT2D eigenvalue weighted by atomic mass is 10.0. The van der Waals surface area contributed by atoms with E-state index < -0.39 is 0 Å². The van der Waals surface area contributed by atoms with Crippen molar-refractivity contribution in [2.24, 2.45) is 0 Å². The second-order valence-corrected chi connectivity index (χ2v) is 8.21. The summed E-state index contributed by atoms with van der Waals surface area (Å²) >= 11 is 0. The first-order valence-corrected chi connectivity index (χ1v) is 10.3. The number of nitrogens with zero attached hydrogens (tertiary/aromatic N) is 3. The van der Waals surface area contributed by atoms with E-state index in [4.69, 9.17) is 4.74 Å². The summed E-state index contributed by atoms with van der Waals surface area (Å²) in [6, 6.07) is 10.5. The maximum atomic E-state index is 12.7. The van der Waals surface area contributed by atoms with Gasteiger partial charge in [-0.25, -0.2) is 0 Å². The van der Waals surface area contributed by atoms with Crippen LogP contribution in [0.5, 0.6) is 0 Å². The van der Waals surface area contributed by atoms with Gasteiger partial charge in [-0.3, -0.25) is 14.7 Å². The summed E-state index contributed by atoms with van der Waals surface area (Å²) in [5.41, 5.74) is 5.11. The molecule has 2 atom stereocenters. The molecule has 150 valence electrons. The minimum absolute atomic E-state index is 0.139. The lowest BCUT2D eigenvalue weighted by Gasteiger charge is -2.36. The van der Waals surface area contributed by atoms with E-state index >= 15 is 0 Å². The molecule has 0 radical (unpaired) electrons. The predicted molar refractivity (Wildman–Crippen MR) is 114 cm³/mol. The SMILES string of the molecule is C[C@@H]1CN(CCN2C(=O)Cc3ncc(-c4ccc5[nH]ccc5c4)cc32)C[C@H](C)O1. The molecule has 2 aromatic heterocycles. The lowest BCUT2D eigenvalue weighted by Crippen LogP contribution is -2.48. The van der Waals surface area contributed by atoms with Crippen LogP contribution in [0.2, 0.25) is 0 Å². The summed E-state index contributed by atoms with van der Waals surface area (Å²) < 4.78 is 5.82. The molecule has 0 spiro atoms. The fourth-order valence-electron chi connectivity index (χ4n) is 4.57. The van der Waals surface area contributed by atoms with Gasteiger partial charge >= 0.3 is 0 Å². The highest BCUT2D eigenvalue weighted by Crippen LogP contribution is 2.32. The number of aromatic nitrogens is 2. The number of fused-ring (bicyclic) bond motifs is 2. The van der Waals surface area contributed by atoms with Crippen LogP contribution < -0.4 is 4.90 Å². The summed E-state index contributed by atoms with van der Waals surface area (Å²) in [4.78, 5) is 24.8. The van der Waals surface area contributed by atoms with Gasteiger partial charge in [0.1, 0.15) is 0 Å². The van der Waals surface area contributed by atoms with Gasteiger partial charge in [0.2, 0.25) is 5.91 Å². The number of H-pyrrole nitrogens is 1. The van der Waals surface area contributed by atoms with E-state index in [9.17, 15) is 4.79 Å². The average Bonchev–Trinajstić information content (AvgIpc) is 3.28. The Morgan fingerprint density at radius 2 is 1.93 bits per heavy atom. The molecule has 0 saturated carbocycles. The zero-order valence-corrected chi connectivity index (χ0v) is 16.9. The van der Waals surface area contributed by atoms with E-state index in [1.54, 1.807) is 0 Å². The van der Waals surface area contributed by atoms with Crippen molar-refractivity contribution in [3.05, 3.63) is 48.4 Å². The third-order valence-corrected chi connectivity index (χ3v) is 5.88. The van der Waals surface area contributed by atoms with Crippen LogP contribution in [-0.4, -0.2) is 59.2 Å². The number of carbonyl (C=O) groups is 1. The van der Waals surface area contributed by atoms with Crippen molar-refractivity contribution in [1.29, 1.82) is 0 Å². The van der Waals surface area contributed by atoms with E-state index in [2.05, 4.69) is 59.0 Å². The number of hydrogen-bond acceptors (Lipinski definition) is 4. The largest absolute Gasteiger partial charge is 0.373 e. The van der Waals surface area contributed by atoms with Crippen LogP contribution in [0.4, 0.5) is 5.69 Å². The molecule has 6 heteroatoms. The number of hydrogen-bond donors (Lipinski definition) is 1. The van der Waals surface area contributed by atoms with Gasteiger partial charge in [0.05, 0.1) is 30.0 Å². The van der Waals surface area contributed by atoms with Gasteiger partial charge in [0.25, 0.3) is 0 Å². The summed E-state index contributed by atoms with van der Waals surface area (Å²) in [6.45, 7) is 7.57. The van der Waals surface area contributed by atoms with Gasteiger partial charge in [-0.2, -0.15) is 0 Å². The minimum atomic E-state index is 0.139. The number of pyridine rings is 1. The maximum Gasteiger partial charge on any atom is 0.233 e. The quantitative estimate of drug-likeness (QED) is 0.743. The van der Waals surface area contributed by atoms with Crippen molar-refractivity contribution in [3.63, 3.8) is 0 Å². The third kappa shape index (κ3) is 3.54. The molecule has 5 rings (SSSR count). The topological polar surface area (TPSA) is 61.5 Å². The zero-order valence-electron chi connectivity index (χ0n) is 16.9. The molecule has 1 saturated heterocycles. The smallest absolute Gasteiger partial charge is 0.233 e. The normalized spacial score (nSPS) is 22.4. The lowest BCUT2D eigenvalue weighted by molar-refractivity contribution is -0.117. The number of benzene rings is 1. The molecule has 1 N–H and O–H groups in total. The zero-order chi connectivity index (χ0) is 20.0. The number of nitrogens with one attached hydrogen (secondary N) is 1. The maximum absolute atomic E-state index is 12.7. The van der Waals surface area contributed by atoms with Crippen LogP contribution >= 0.6 is 0 Å². The molecule has 29 heavy (non-hydrogen) atoms. The highest BCUT2D eigenvalue weighted by atomic mass is 16.5. The molecule has 4 heterocycles. The van der Waals surface area contributed by atoms with E-state index in [0.717, 1.165) is 47.7 Å². The second-order valence-electron chi connectivity index (χ2n) is 8.21. The van der Waals surface area contributed by atoms with Gasteiger partial charge in [-0.1, -0.05) is 6.07 Å². The Balaban J connectivity index is 1.37. The summed E-state index contributed by atoms with van der Waals surface area (Å²) in [5.74, 6) is 0.139. The monoisotopic (exact) mass is 390 g/mol. The van der Waals surface area contributed by atoms with Crippen molar-refractivity contribution in [2.45, 2.75) is 32.5 Å². The molecule has 2 aliphatic rings. The first-order chi connectivity index (χ1) is 14.1. The minimum Gasteiger partial charge on any atom is -0.373 e. The molecule has 6 nitrogen and oxygen atoms in total. The first kappa shape index (κ1) is 18.3. The number of ether oxygens (including phenoxy) is 1. The first-order valence-electron chi connectivity index (χ1n) is 10.3. The van der Waals surface area contributed by atoms with Crippen LogP contribution in [0.1, 0.15) is 19.5 Å². The molecular formula is C23H26N4O2. The van der Waals surface area contributed by atoms with E-state index in [1.165, 1.54) is 5.39 Å². The predicted octanol–water partition coefficient (Wildman–Crippen LogP) is 3.23. The molecule has 3 aromatic rings. The molecule has 0 unspecified atom stereocenters. The Bertz CT molecular complexity index is 1050. The van der Waals surface area contributed by atoms with Crippen LogP contribution in [0.3, 0.4) is 0 Å². The van der Waals surface area contributed by atoms with Gasteiger partial charge < -0.3 is 14.6 Å². The standard InChI is InChI=1S/C23H26N4O2/c1-15-13-26(14-16(2)29-15)7-8-27-22-10-19(12-25-21(22)11-23(27)28)17-3-4-20-18(9-17)5-6-24-20/h3-6,9-10,12,15-16,24H,7-8,11,13-14H2,1-2H3/t15-,16+. The average molecular weight is 390 g/mol. The Kier molecular flexibility index (Phi) is 4.60. The van der Waals surface area contributed by atoms with Crippen molar-refractivity contribution >= 4 is 22.5 Å². The molecular weight excluding hydrogens is 364 g/mol. The van der Waals surface area contributed by atoms with Crippen LogP contribution in [0, 0.1) is 0 Å². The Morgan fingerprint density at radius 3 is 2.76 bits per heavy atom. The third-order valence-electron chi connectivity index (χ3n) is 5.88. The number of carbonyl (C=O) groups excluding carboxylic acids is 1. The highest BCUT2D eigenvalue weighted by Gasteiger charge is 2.30. The highest BCUT2D eigenvalue weighted by molar-refractivity contribution is 6.01. The summed E-state index contributed by atoms with van der Waals surface area (Å²) in [7, 11) is 0. The van der Waals surface area contributed by atoms with E-state index in [0.29, 0.717) is 13.0 Å². The number of rotatable bonds is 4. The summed E-state index contributed by atoms with van der Waals surface area (Å²) in [6.07, 6.45) is 4.69. The van der Waals surface area contributed by atoms with Gasteiger partial charge in [-0.05, 0) is 49.1 Å². The molecule has 1 fully saturated rings.